The van der Waals surface area contributed by atoms with E-state index in [9.17, 15) is 4.79 Å². The zero-order valence-electron chi connectivity index (χ0n) is 10.3. The zero-order chi connectivity index (χ0) is 13.4. The molecule has 0 bridgehead atoms. The first kappa shape index (κ1) is 14.9. The van der Waals surface area contributed by atoms with Gasteiger partial charge in [0.25, 0.3) is 5.91 Å². The van der Waals surface area contributed by atoms with E-state index >= 15 is 0 Å². The van der Waals surface area contributed by atoms with Gasteiger partial charge >= 0.3 is 0 Å². The molecule has 18 heavy (non-hydrogen) atoms. The van der Waals surface area contributed by atoms with Gasteiger partial charge in [0.2, 0.25) is 0 Å². The van der Waals surface area contributed by atoms with Gasteiger partial charge in [-0.15, -0.1) is 0 Å². The molecule has 1 amide bonds. The van der Waals surface area contributed by atoms with Gasteiger partial charge in [0.05, 0.1) is 6.54 Å². The summed E-state index contributed by atoms with van der Waals surface area (Å²) in [7, 11) is 3.04. The Balaban J connectivity index is 2.58. The summed E-state index contributed by atoms with van der Waals surface area (Å²) >= 11 is 3.16. The standard InChI is InChI=1S/C12H16BrNO4/c1-16-11(17-2)7-14-12(15)9-4-3-5-10(6-9)18-8-13/h3-6,11H,7-8H2,1-2H3,(H,14,15). The van der Waals surface area contributed by atoms with Crippen molar-refractivity contribution < 1.29 is 19.0 Å². The Hall–Kier alpha value is -1.11. The van der Waals surface area contributed by atoms with Crippen molar-refractivity contribution in [1.29, 1.82) is 0 Å². The Morgan fingerprint density at radius 3 is 2.72 bits per heavy atom. The second-order valence-corrected chi connectivity index (χ2v) is 3.85. The molecule has 0 spiro atoms. The molecule has 0 unspecified atom stereocenters. The van der Waals surface area contributed by atoms with Gasteiger partial charge in [0.1, 0.15) is 11.3 Å². The molecule has 6 heteroatoms. The maximum absolute atomic E-state index is 11.8. The third kappa shape index (κ3) is 4.64. The number of halogens is 1. The van der Waals surface area contributed by atoms with Crippen molar-refractivity contribution in [2.45, 2.75) is 6.29 Å². The van der Waals surface area contributed by atoms with Crippen molar-refractivity contribution >= 4 is 21.8 Å². The Morgan fingerprint density at radius 2 is 2.11 bits per heavy atom. The number of amides is 1. The number of rotatable bonds is 7. The molecule has 100 valence electrons. The lowest BCUT2D eigenvalue weighted by atomic mass is 10.2. The Kier molecular flexibility index (Phi) is 6.70. The largest absolute Gasteiger partial charge is 0.482 e. The molecule has 1 aromatic rings. The molecule has 0 heterocycles. The minimum atomic E-state index is -0.448. The fraction of sp³-hybridized carbons (Fsp3) is 0.417. The lowest BCUT2D eigenvalue weighted by Crippen LogP contribution is -2.34. The average Bonchev–Trinajstić information content (AvgIpc) is 2.40. The van der Waals surface area contributed by atoms with Crippen molar-refractivity contribution in [2.75, 3.05) is 26.3 Å². The summed E-state index contributed by atoms with van der Waals surface area (Å²) in [5.41, 5.74) is 0.910. The quantitative estimate of drug-likeness (QED) is 0.615. The van der Waals surface area contributed by atoms with Gasteiger partial charge in [-0.05, 0) is 34.1 Å². The van der Waals surface area contributed by atoms with Crippen LogP contribution in [0.4, 0.5) is 0 Å². The Labute approximate surface area is 115 Å². The number of carbonyl (C=O) groups excluding carboxylic acids is 1. The molecular formula is C12H16BrNO4. The molecule has 1 aromatic carbocycles. The zero-order valence-corrected chi connectivity index (χ0v) is 11.9. The van der Waals surface area contributed by atoms with Crippen LogP contribution in [0.1, 0.15) is 10.4 Å². The molecule has 5 nitrogen and oxygen atoms in total. The monoisotopic (exact) mass is 317 g/mol. The summed E-state index contributed by atoms with van der Waals surface area (Å²) in [6.45, 7) is 0.287. The second-order valence-electron chi connectivity index (χ2n) is 3.39. The number of hydrogen-bond acceptors (Lipinski definition) is 4. The van der Waals surface area contributed by atoms with E-state index in [2.05, 4.69) is 21.2 Å². The first-order chi connectivity index (χ1) is 8.71. The number of alkyl halides is 1. The van der Waals surface area contributed by atoms with E-state index in [0.29, 0.717) is 16.8 Å². The van der Waals surface area contributed by atoms with Crippen molar-refractivity contribution in [3.05, 3.63) is 29.8 Å². The van der Waals surface area contributed by atoms with Crippen LogP contribution in [-0.4, -0.2) is 38.5 Å². The third-order valence-electron chi connectivity index (χ3n) is 2.27. The van der Waals surface area contributed by atoms with E-state index in [4.69, 9.17) is 14.2 Å². The second kappa shape index (κ2) is 8.07. The predicted molar refractivity (Wildman–Crippen MR) is 71.0 cm³/mol. The van der Waals surface area contributed by atoms with Gasteiger partial charge < -0.3 is 19.5 Å². The van der Waals surface area contributed by atoms with E-state index < -0.39 is 6.29 Å². The molecule has 0 radical (unpaired) electrons. The van der Waals surface area contributed by atoms with Crippen LogP contribution in [0.5, 0.6) is 5.75 Å². The molecule has 1 rings (SSSR count). The highest BCUT2D eigenvalue weighted by Crippen LogP contribution is 2.13. The molecule has 1 N–H and O–H groups in total. The molecule has 0 fully saturated rings. The first-order valence-electron chi connectivity index (χ1n) is 5.34. The lowest BCUT2D eigenvalue weighted by molar-refractivity contribution is -0.0974. The van der Waals surface area contributed by atoms with Crippen molar-refractivity contribution in [3.8, 4) is 5.75 Å². The minimum Gasteiger partial charge on any atom is -0.482 e. The smallest absolute Gasteiger partial charge is 0.251 e. The minimum absolute atomic E-state index is 0.200. The van der Waals surface area contributed by atoms with Crippen LogP contribution >= 0.6 is 15.9 Å². The Bertz CT molecular complexity index is 382. The van der Waals surface area contributed by atoms with Crippen LogP contribution in [0.2, 0.25) is 0 Å². The van der Waals surface area contributed by atoms with E-state index in [-0.39, 0.29) is 12.5 Å². The first-order valence-corrected chi connectivity index (χ1v) is 6.46. The fourth-order valence-corrected chi connectivity index (χ4v) is 1.60. The SMILES string of the molecule is COC(CNC(=O)c1cccc(OCBr)c1)OC. The van der Waals surface area contributed by atoms with E-state index in [1.54, 1.807) is 24.3 Å². The molecule has 0 aromatic heterocycles. The van der Waals surface area contributed by atoms with Crippen LogP contribution in [0.15, 0.2) is 24.3 Å². The molecule has 0 aliphatic carbocycles. The highest BCUT2D eigenvalue weighted by atomic mass is 79.9. The van der Waals surface area contributed by atoms with E-state index in [1.165, 1.54) is 14.2 Å². The van der Waals surface area contributed by atoms with Gasteiger partial charge in [-0.2, -0.15) is 0 Å². The summed E-state index contributed by atoms with van der Waals surface area (Å²) in [5.74, 6) is 0.434. The average molecular weight is 318 g/mol. The van der Waals surface area contributed by atoms with Crippen molar-refractivity contribution in [3.63, 3.8) is 0 Å². The van der Waals surface area contributed by atoms with Crippen molar-refractivity contribution in [2.24, 2.45) is 0 Å². The normalized spacial score (nSPS) is 10.4. The molecule has 0 atom stereocenters. The number of carbonyl (C=O) groups is 1. The van der Waals surface area contributed by atoms with Gasteiger partial charge in [-0.25, -0.2) is 0 Å². The number of methoxy groups -OCH3 is 2. The maximum Gasteiger partial charge on any atom is 0.251 e. The lowest BCUT2D eigenvalue weighted by Gasteiger charge is -2.14. The summed E-state index contributed by atoms with van der Waals surface area (Å²) in [4.78, 5) is 11.8. The van der Waals surface area contributed by atoms with Crippen LogP contribution < -0.4 is 10.1 Å². The topological polar surface area (TPSA) is 56.8 Å². The van der Waals surface area contributed by atoms with Crippen LogP contribution in [0.25, 0.3) is 0 Å². The Morgan fingerprint density at radius 1 is 1.39 bits per heavy atom. The highest BCUT2D eigenvalue weighted by Gasteiger charge is 2.10. The summed E-state index contributed by atoms with van der Waals surface area (Å²) < 4.78 is 15.2. The van der Waals surface area contributed by atoms with Crippen LogP contribution in [0, 0.1) is 0 Å². The van der Waals surface area contributed by atoms with E-state index in [0.717, 1.165) is 0 Å². The van der Waals surface area contributed by atoms with Gasteiger partial charge in [0.15, 0.2) is 6.29 Å². The van der Waals surface area contributed by atoms with E-state index in [1.807, 2.05) is 0 Å². The fourth-order valence-electron chi connectivity index (χ4n) is 1.33. The molecule has 0 aliphatic rings. The number of nitrogens with one attached hydrogen (secondary N) is 1. The van der Waals surface area contributed by atoms with Crippen LogP contribution in [-0.2, 0) is 9.47 Å². The summed E-state index contributed by atoms with van der Waals surface area (Å²) in [6.07, 6.45) is -0.448. The number of ether oxygens (including phenoxy) is 3. The molecule has 0 saturated carbocycles. The highest BCUT2D eigenvalue weighted by molar-refractivity contribution is 9.09. The van der Waals surface area contributed by atoms with Gasteiger partial charge in [0, 0.05) is 19.8 Å². The molecule has 0 aliphatic heterocycles. The molecule has 0 saturated heterocycles. The third-order valence-corrected chi connectivity index (χ3v) is 2.50. The van der Waals surface area contributed by atoms with Crippen molar-refractivity contribution in [1.82, 2.24) is 5.32 Å². The predicted octanol–water partition coefficient (Wildman–Crippen LogP) is 1.77. The molecular weight excluding hydrogens is 302 g/mol. The summed E-state index contributed by atoms with van der Waals surface area (Å²) in [6, 6.07) is 6.93. The van der Waals surface area contributed by atoms with Gasteiger partial charge in [-0.1, -0.05) is 6.07 Å². The van der Waals surface area contributed by atoms with Gasteiger partial charge in [-0.3, -0.25) is 4.79 Å². The maximum atomic E-state index is 11.8. The van der Waals surface area contributed by atoms with Crippen LogP contribution in [0.3, 0.4) is 0 Å². The number of hydrogen-bond donors (Lipinski definition) is 1. The summed E-state index contributed by atoms with van der Waals surface area (Å²) in [5, 5.41) is 2.71. The number of benzene rings is 1.